The first-order chi connectivity index (χ1) is 20.3. The molecule has 2 aliphatic rings. The van der Waals surface area contributed by atoms with E-state index >= 15 is 0 Å². The number of alkyl halides is 2. The highest BCUT2D eigenvalue weighted by molar-refractivity contribution is 6.34. The van der Waals surface area contributed by atoms with Gasteiger partial charge in [-0.3, -0.25) is 24.0 Å². The molecule has 2 fully saturated rings. The Morgan fingerprint density at radius 1 is 1.16 bits per heavy atom. The number of benzene rings is 2. The fraction of sp³-hybridized carbons (Fsp3) is 0.414. The maximum absolute atomic E-state index is 14.5. The summed E-state index contributed by atoms with van der Waals surface area (Å²) in [5, 5.41) is 7.54. The standard InChI is InChI=1S/C29H31ClF2N4O7/c1-16(33-25(39)19-8-9-21(20(30)12-19)34-17(2)37)27(41)36-15-29(31,32)14-23(36)26(40)35-22-13-24(38)43-28(22)42-11-10-18-6-4-3-5-7-18/h3-9,12,16,22-23,28H,10-11,13-15H2,1-2H3,(H,33,39)(H,34,37)(H,35,40)/t16-,22-,23-,28+/m0/s1. The number of rotatable bonds is 10. The lowest BCUT2D eigenvalue weighted by Crippen LogP contribution is -2.54. The van der Waals surface area contributed by atoms with E-state index in [0.717, 1.165) is 10.5 Å². The predicted octanol–water partition coefficient (Wildman–Crippen LogP) is 2.67. The number of carbonyl (C=O) groups excluding carboxylic acids is 5. The molecule has 0 bridgehead atoms. The Hall–Kier alpha value is -4.10. The van der Waals surface area contributed by atoms with Crippen LogP contribution >= 0.6 is 11.6 Å². The van der Waals surface area contributed by atoms with Crippen LogP contribution in [-0.2, 0) is 35.1 Å². The summed E-state index contributed by atoms with van der Waals surface area (Å²) in [7, 11) is 0. The van der Waals surface area contributed by atoms with Crippen LogP contribution in [0.25, 0.3) is 0 Å². The van der Waals surface area contributed by atoms with Gasteiger partial charge in [-0.2, -0.15) is 0 Å². The number of nitrogens with zero attached hydrogens (tertiary/aromatic N) is 1. The van der Waals surface area contributed by atoms with Gasteiger partial charge >= 0.3 is 5.97 Å². The van der Waals surface area contributed by atoms with E-state index in [1.54, 1.807) is 0 Å². The average Bonchev–Trinajstić information content (AvgIpc) is 3.47. The van der Waals surface area contributed by atoms with Crippen molar-refractivity contribution in [2.75, 3.05) is 18.5 Å². The number of ether oxygens (including phenoxy) is 2. The number of hydrogen-bond donors (Lipinski definition) is 3. The Morgan fingerprint density at radius 2 is 1.88 bits per heavy atom. The zero-order valence-corrected chi connectivity index (χ0v) is 24.2. The molecule has 4 amide bonds. The number of carbonyl (C=O) groups is 5. The van der Waals surface area contributed by atoms with Crippen LogP contribution in [0.15, 0.2) is 48.5 Å². The zero-order chi connectivity index (χ0) is 31.3. The van der Waals surface area contributed by atoms with E-state index in [9.17, 15) is 32.8 Å². The van der Waals surface area contributed by atoms with Crippen LogP contribution in [0.1, 0.15) is 42.6 Å². The molecule has 2 saturated heterocycles. The van der Waals surface area contributed by atoms with E-state index in [1.165, 1.54) is 32.0 Å². The molecule has 14 heteroatoms. The third-order valence-electron chi connectivity index (χ3n) is 6.92. The maximum Gasteiger partial charge on any atom is 0.310 e. The monoisotopic (exact) mass is 620 g/mol. The summed E-state index contributed by atoms with van der Waals surface area (Å²) < 4.78 is 39.8. The van der Waals surface area contributed by atoms with E-state index in [2.05, 4.69) is 16.0 Å². The summed E-state index contributed by atoms with van der Waals surface area (Å²) in [6.45, 7) is 1.75. The minimum atomic E-state index is -3.36. The minimum Gasteiger partial charge on any atom is -0.433 e. The molecule has 230 valence electrons. The first-order valence-corrected chi connectivity index (χ1v) is 13.9. The van der Waals surface area contributed by atoms with Crippen molar-refractivity contribution >= 4 is 46.9 Å². The molecule has 3 N–H and O–H groups in total. The maximum atomic E-state index is 14.5. The van der Waals surface area contributed by atoms with Crippen LogP contribution in [0.4, 0.5) is 14.5 Å². The van der Waals surface area contributed by atoms with Crippen molar-refractivity contribution in [3.63, 3.8) is 0 Å². The van der Waals surface area contributed by atoms with Crippen molar-refractivity contribution in [2.24, 2.45) is 0 Å². The van der Waals surface area contributed by atoms with Crippen molar-refractivity contribution in [2.45, 2.75) is 63.4 Å². The average molecular weight is 621 g/mol. The molecule has 4 atom stereocenters. The van der Waals surface area contributed by atoms with E-state index in [0.29, 0.717) is 6.42 Å². The van der Waals surface area contributed by atoms with Crippen molar-refractivity contribution in [1.82, 2.24) is 15.5 Å². The minimum absolute atomic E-state index is 0.0593. The van der Waals surface area contributed by atoms with Crippen LogP contribution in [-0.4, -0.2) is 78.0 Å². The van der Waals surface area contributed by atoms with Gasteiger partial charge in [-0.25, -0.2) is 8.78 Å². The molecule has 0 aliphatic carbocycles. The molecule has 2 aromatic rings. The molecule has 0 aromatic heterocycles. The molecule has 43 heavy (non-hydrogen) atoms. The molecule has 2 aromatic carbocycles. The van der Waals surface area contributed by atoms with Crippen molar-refractivity contribution in [1.29, 1.82) is 0 Å². The van der Waals surface area contributed by atoms with Gasteiger partial charge in [0.1, 0.15) is 18.1 Å². The molecule has 0 spiro atoms. The second kappa shape index (κ2) is 13.5. The van der Waals surface area contributed by atoms with Crippen LogP contribution in [0.2, 0.25) is 5.02 Å². The number of esters is 1. The van der Waals surface area contributed by atoms with Crippen LogP contribution < -0.4 is 16.0 Å². The van der Waals surface area contributed by atoms with E-state index in [1.807, 2.05) is 30.3 Å². The van der Waals surface area contributed by atoms with Crippen LogP contribution in [0.3, 0.4) is 0 Å². The van der Waals surface area contributed by atoms with Gasteiger partial charge in [0.15, 0.2) is 0 Å². The van der Waals surface area contributed by atoms with Gasteiger partial charge in [0, 0.05) is 18.9 Å². The number of halogens is 3. The van der Waals surface area contributed by atoms with Gasteiger partial charge < -0.3 is 30.3 Å². The Bertz CT molecular complexity index is 1390. The van der Waals surface area contributed by atoms with Crippen molar-refractivity contribution in [3.8, 4) is 0 Å². The number of nitrogens with one attached hydrogen (secondary N) is 3. The first-order valence-electron chi connectivity index (χ1n) is 13.5. The highest BCUT2D eigenvalue weighted by Gasteiger charge is 2.51. The van der Waals surface area contributed by atoms with Crippen LogP contribution in [0, 0.1) is 0 Å². The quantitative estimate of drug-likeness (QED) is 0.347. The Balaban J connectivity index is 1.38. The Labute approximate surface area is 251 Å². The summed E-state index contributed by atoms with van der Waals surface area (Å²) in [6, 6.07) is 9.68. The second-order valence-electron chi connectivity index (χ2n) is 10.4. The molecule has 2 aliphatic heterocycles. The third kappa shape index (κ3) is 8.26. The highest BCUT2D eigenvalue weighted by Crippen LogP contribution is 2.33. The lowest BCUT2D eigenvalue weighted by atomic mass is 10.1. The molecule has 0 radical (unpaired) electrons. The van der Waals surface area contributed by atoms with Gasteiger partial charge in [-0.15, -0.1) is 0 Å². The molecule has 4 rings (SSSR count). The molecular weight excluding hydrogens is 590 g/mol. The number of anilines is 1. The van der Waals surface area contributed by atoms with E-state index in [4.69, 9.17) is 21.1 Å². The Morgan fingerprint density at radius 3 is 2.56 bits per heavy atom. The van der Waals surface area contributed by atoms with Gasteiger partial charge in [0.2, 0.25) is 24.0 Å². The summed E-state index contributed by atoms with van der Waals surface area (Å²) in [5.41, 5.74) is 1.33. The van der Waals surface area contributed by atoms with E-state index < -0.39 is 67.0 Å². The summed E-state index contributed by atoms with van der Waals surface area (Å²) in [6.07, 6.45) is -1.77. The Kier molecular flexibility index (Phi) is 9.97. The number of cyclic esters (lactones) is 1. The third-order valence-corrected chi connectivity index (χ3v) is 7.23. The summed E-state index contributed by atoms with van der Waals surface area (Å²) in [4.78, 5) is 63.1. The first kappa shape index (κ1) is 31.8. The van der Waals surface area contributed by atoms with Crippen LogP contribution in [0.5, 0.6) is 0 Å². The SMILES string of the molecule is CC(=O)Nc1ccc(C(=O)N[C@@H](C)C(=O)N2CC(F)(F)C[C@H]2C(=O)N[C@H]2CC(=O)O[C@H]2OCCc2ccccc2)cc1Cl. The smallest absolute Gasteiger partial charge is 0.310 e. The predicted molar refractivity (Wildman–Crippen MR) is 150 cm³/mol. The van der Waals surface area contributed by atoms with Gasteiger partial charge in [-0.05, 0) is 37.1 Å². The number of likely N-dealkylation sites (tertiary alicyclic amines) is 1. The van der Waals surface area contributed by atoms with Gasteiger partial charge in [-0.1, -0.05) is 41.9 Å². The largest absolute Gasteiger partial charge is 0.433 e. The lowest BCUT2D eigenvalue weighted by molar-refractivity contribution is -0.165. The number of amides is 4. The molecular formula is C29H31ClF2N4O7. The van der Waals surface area contributed by atoms with Crippen molar-refractivity contribution < 1.29 is 42.2 Å². The molecule has 0 unspecified atom stereocenters. The fourth-order valence-electron chi connectivity index (χ4n) is 4.84. The second-order valence-corrected chi connectivity index (χ2v) is 10.8. The van der Waals surface area contributed by atoms with E-state index in [-0.39, 0.29) is 35.2 Å². The zero-order valence-electron chi connectivity index (χ0n) is 23.4. The highest BCUT2D eigenvalue weighted by atomic mass is 35.5. The van der Waals surface area contributed by atoms with Gasteiger partial charge in [0.25, 0.3) is 11.8 Å². The normalized spacial score (nSPS) is 21.6. The fourth-order valence-corrected chi connectivity index (χ4v) is 5.07. The molecule has 2 heterocycles. The van der Waals surface area contributed by atoms with Gasteiger partial charge in [0.05, 0.1) is 30.3 Å². The van der Waals surface area contributed by atoms with Crippen molar-refractivity contribution in [3.05, 3.63) is 64.7 Å². The topological polar surface area (TPSA) is 143 Å². The molecule has 0 saturated carbocycles. The lowest BCUT2D eigenvalue weighted by Gasteiger charge is -2.28. The molecule has 11 nitrogen and oxygen atoms in total. The summed E-state index contributed by atoms with van der Waals surface area (Å²) in [5.74, 6) is -6.87. The summed E-state index contributed by atoms with van der Waals surface area (Å²) >= 11 is 6.11. The number of hydrogen-bond acceptors (Lipinski definition) is 7.